The third-order valence-electron chi connectivity index (χ3n) is 3.86. The molecule has 0 aliphatic carbocycles. The predicted octanol–water partition coefficient (Wildman–Crippen LogP) is 3.56. The Morgan fingerprint density at radius 1 is 0.833 bits per heavy atom. The molecule has 0 radical (unpaired) electrons. The van der Waals surface area contributed by atoms with Crippen LogP contribution in [0, 0.1) is 0 Å². The summed E-state index contributed by atoms with van der Waals surface area (Å²) in [5.41, 5.74) is 2.90. The van der Waals surface area contributed by atoms with Crippen LogP contribution >= 0.6 is 0 Å². The maximum absolute atomic E-state index is 2.36. The van der Waals surface area contributed by atoms with Gasteiger partial charge in [0.15, 0.2) is 0 Å². The summed E-state index contributed by atoms with van der Waals surface area (Å²) >= 11 is 4.65. The monoisotopic (exact) mass is 222 g/mol. The summed E-state index contributed by atoms with van der Waals surface area (Å²) in [6.45, 7) is 0. The van der Waals surface area contributed by atoms with Crippen LogP contribution in [0.25, 0.3) is 0 Å². The van der Waals surface area contributed by atoms with Crippen molar-refractivity contribution in [3.63, 3.8) is 0 Å². The zero-order valence-corrected chi connectivity index (χ0v) is 11.3. The summed E-state index contributed by atoms with van der Waals surface area (Å²) in [5, 5.41) is 1.23. The molecule has 0 aromatic heterocycles. The number of hydrogen-bond donors (Lipinski definition) is 0. The third kappa shape index (κ3) is 3.81. The second-order valence-corrected chi connectivity index (χ2v) is 5.09. The molecule has 82 valence electrons. The van der Waals surface area contributed by atoms with Gasteiger partial charge in [-0.25, -0.2) is 0 Å². The van der Waals surface area contributed by atoms with Gasteiger partial charge in [-0.3, -0.25) is 0 Å². The maximum atomic E-state index is 2.36. The first-order valence-corrected chi connectivity index (χ1v) is 6.90. The van der Waals surface area contributed by atoms with Crippen LogP contribution in [0.3, 0.4) is 0 Å². The van der Waals surface area contributed by atoms with Crippen LogP contribution in [0.15, 0.2) is 60.7 Å². The van der Waals surface area contributed by atoms with Gasteiger partial charge < -0.3 is 0 Å². The van der Waals surface area contributed by atoms with E-state index in [1.54, 1.807) is 0 Å². The fourth-order valence-electron chi connectivity index (χ4n) is 2.50. The first-order chi connectivity index (χ1) is 8.81. The first kappa shape index (κ1) is 14.1. The summed E-state index contributed by atoms with van der Waals surface area (Å²) in [6, 6.07) is 21.7. The molecular formula is C16H16Li2. The third-order valence-corrected chi connectivity index (χ3v) is 3.86. The Hall–Kier alpha value is -0.365. The van der Waals surface area contributed by atoms with Gasteiger partial charge in [-0.1, -0.05) is 0 Å². The Bertz CT molecular complexity index is 453. The average Bonchev–Trinajstić information content (AvgIpc) is 2.46. The molecule has 0 aliphatic rings. The summed E-state index contributed by atoms with van der Waals surface area (Å²) in [7, 11) is 0. The van der Waals surface area contributed by atoms with Crippen molar-refractivity contribution in [1.82, 2.24) is 0 Å². The van der Waals surface area contributed by atoms with Crippen LogP contribution < -0.4 is 0 Å². The van der Waals surface area contributed by atoms with Crippen LogP contribution in [0.1, 0.15) is 17.0 Å². The molecule has 0 amide bonds. The van der Waals surface area contributed by atoms with Gasteiger partial charge in [0.2, 0.25) is 0 Å². The van der Waals surface area contributed by atoms with E-state index in [1.807, 2.05) is 0 Å². The molecule has 0 saturated carbocycles. The molecule has 0 N–H and O–H groups in total. The van der Waals surface area contributed by atoms with Crippen molar-refractivity contribution >= 4 is 35.4 Å². The van der Waals surface area contributed by atoms with E-state index in [0.717, 1.165) is 6.42 Å². The normalized spacial score (nSPS) is 14.2. The molecule has 0 bridgehead atoms. The zero-order chi connectivity index (χ0) is 12.8. The second-order valence-electron chi connectivity index (χ2n) is 5.09. The number of benzene rings is 2. The van der Waals surface area contributed by atoms with Gasteiger partial charge in [0, 0.05) is 0 Å². The summed E-state index contributed by atoms with van der Waals surface area (Å²) in [6.07, 6.45) is 1.14. The fourth-order valence-corrected chi connectivity index (χ4v) is 2.50. The Morgan fingerprint density at radius 3 is 1.94 bits per heavy atom. The Kier molecular flexibility index (Phi) is 5.68. The molecule has 2 aromatic rings. The van der Waals surface area contributed by atoms with Crippen molar-refractivity contribution in [2.45, 2.75) is 22.0 Å². The van der Waals surface area contributed by atoms with Crippen molar-refractivity contribution in [2.24, 2.45) is 0 Å². The van der Waals surface area contributed by atoms with Gasteiger partial charge in [-0.05, 0) is 0 Å². The van der Waals surface area contributed by atoms with E-state index in [0.29, 0.717) is 10.5 Å². The van der Waals surface area contributed by atoms with E-state index in [1.165, 1.54) is 16.2 Å². The van der Waals surface area contributed by atoms with E-state index in [-0.39, 0.29) is 0 Å². The Labute approximate surface area is 129 Å². The van der Waals surface area contributed by atoms with Gasteiger partial charge in [-0.2, -0.15) is 0 Å². The molecule has 0 heterocycles. The van der Waals surface area contributed by atoms with Crippen molar-refractivity contribution in [2.75, 3.05) is 0 Å². The van der Waals surface area contributed by atoms with E-state index in [2.05, 4.69) is 96.1 Å². The molecular weight excluding hydrogens is 206 g/mol. The number of rotatable bonds is 5. The van der Waals surface area contributed by atoms with E-state index in [4.69, 9.17) is 0 Å². The van der Waals surface area contributed by atoms with Gasteiger partial charge in [0.25, 0.3) is 0 Å². The summed E-state index contributed by atoms with van der Waals surface area (Å²) in [5.74, 6) is 0.624. The van der Waals surface area contributed by atoms with Crippen LogP contribution in [0.5, 0.6) is 0 Å². The minimum atomic E-state index is 0.624. The molecule has 0 saturated heterocycles. The van der Waals surface area contributed by atoms with Crippen molar-refractivity contribution < 1.29 is 0 Å². The Morgan fingerprint density at radius 2 is 1.39 bits per heavy atom. The van der Waals surface area contributed by atoms with Crippen molar-refractivity contribution in [3.05, 3.63) is 71.8 Å². The predicted molar refractivity (Wildman–Crippen MR) is 79.4 cm³/mol. The molecule has 2 unspecified atom stereocenters. The molecule has 0 spiro atoms. The van der Waals surface area contributed by atoms with E-state index >= 15 is 0 Å². The van der Waals surface area contributed by atoms with Gasteiger partial charge in [0.1, 0.15) is 0 Å². The topological polar surface area (TPSA) is 0 Å². The molecule has 18 heavy (non-hydrogen) atoms. The minimum absolute atomic E-state index is 0.624. The standard InChI is InChI=1S/C16H16.2Li/c1-2-15(16-11-7-4-8-12-16)13-14-9-5-3-6-10-14;;/h2-12,15H,1,13H2;;. The van der Waals surface area contributed by atoms with E-state index < -0.39 is 0 Å². The second kappa shape index (κ2) is 7.28. The molecule has 0 fully saturated rings. The van der Waals surface area contributed by atoms with Crippen LogP contribution in [-0.4, -0.2) is 35.4 Å². The SMILES string of the molecule is [Li][CH2][CH]([Li])C(Cc1ccccc1)c1ccccc1. The Balaban J connectivity index is 2.21. The average molecular weight is 222 g/mol. The molecule has 2 atom stereocenters. The molecule has 2 aromatic carbocycles. The van der Waals surface area contributed by atoms with Crippen LogP contribution in [0.4, 0.5) is 0 Å². The molecule has 2 rings (SSSR count). The van der Waals surface area contributed by atoms with Crippen LogP contribution in [-0.2, 0) is 6.42 Å². The quantitative estimate of drug-likeness (QED) is 0.678. The molecule has 0 nitrogen and oxygen atoms in total. The molecule has 0 aliphatic heterocycles. The summed E-state index contributed by atoms with van der Waals surface area (Å²) < 4.78 is 0.715. The van der Waals surface area contributed by atoms with Gasteiger partial charge in [-0.15, -0.1) is 0 Å². The first-order valence-electron chi connectivity index (χ1n) is 6.90. The van der Waals surface area contributed by atoms with E-state index in [9.17, 15) is 0 Å². The van der Waals surface area contributed by atoms with Crippen LogP contribution in [0.2, 0.25) is 9.68 Å². The summed E-state index contributed by atoms with van der Waals surface area (Å²) in [4.78, 5) is 0. The van der Waals surface area contributed by atoms with Gasteiger partial charge >= 0.3 is 129 Å². The van der Waals surface area contributed by atoms with Gasteiger partial charge in [0.05, 0.1) is 0 Å². The van der Waals surface area contributed by atoms with Crippen molar-refractivity contribution in [3.8, 4) is 0 Å². The number of hydrogen-bond acceptors (Lipinski definition) is 0. The van der Waals surface area contributed by atoms with Crippen molar-refractivity contribution in [1.29, 1.82) is 0 Å². The zero-order valence-electron chi connectivity index (χ0n) is 11.3. The fraction of sp³-hybridized carbons (Fsp3) is 0.250. The molecule has 2 heteroatoms.